The van der Waals surface area contributed by atoms with E-state index in [1.54, 1.807) is 4.90 Å². The van der Waals surface area contributed by atoms with Crippen LogP contribution in [0.2, 0.25) is 5.15 Å². The van der Waals surface area contributed by atoms with Crippen molar-refractivity contribution in [1.82, 2.24) is 4.98 Å². The van der Waals surface area contributed by atoms with Crippen molar-refractivity contribution in [3.8, 4) is 0 Å². The molecular weight excluding hydrogens is 244 g/mol. The first kappa shape index (κ1) is 11.7. The van der Waals surface area contributed by atoms with Crippen LogP contribution in [0.5, 0.6) is 0 Å². The van der Waals surface area contributed by atoms with Gasteiger partial charge in [0.2, 0.25) is 5.91 Å². The molecule has 1 aromatic rings. The van der Waals surface area contributed by atoms with Crippen molar-refractivity contribution in [2.24, 2.45) is 5.92 Å². The molecule has 0 radical (unpaired) electrons. The molecule has 0 aliphatic carbocycles. The summed E-state index contributed by atoms with van der Waals surface area (Å²) in [5, 5.41) is 0.458. The summed E-state index contributed by atoms with van der Waals surface area (Å²) in [4.78, 5) is 17.7. The number of carbonyl (C=O) groups is 1. The smallest absolute Gasteiger partial charge is 0.228 e. The molecule has 1 aliphatic rings. The Labute approximate surface area is 105 Å². The Morgan fingerprint density at radius 3 is 2.94 bits per heavy atom. The van der Waals surface area contributed by atoms with E-state index in [2.05, 4.69) is 17.6 Å². The molecule has 2 heterocycles. The number of rotatable bonds is 2. The molecule has 1 aliphatic heterocycles. The average molecular weight is 257 g/mol. The summed E-state index contributed by atoms with van der Waals surface area (Å²) < 4.78 is 0. The maximum Gasteiger partial charge on any atom is 0.228 e. The highest BCUT2D eigenvalue weighted by Crippen LogP contribution is 2.26. The fourth-order valence-electron chi connectivity index (χ4n) is 1.77. The molecule has 1 atom stereocenters. The monoisotopic (exact) mass is 256 g/mol. The number of halogens is 1. The number of anilines is 1. The molecule has 1 unspecified atom stereocenters. The molecule has 2 rings (SSSR count). The molecule has 5 heteroatoms. The highest BCUT2D eigenvalue weighted by atomic mass is 35.5. The van der Waals surface area contributed by atoms with Crippen LogP contribution in [0, 0.1) is 12.8 Å². The van der Waals surface area contributed by atoms with Crippen LogP contribution >= 0.6 is 24.2 Å². The summed E-state index contributed by atoms with van der Waals surface area (Å²) in [6, 6.07) is 3.71. The molecule has 16 heavy (non-hydrogen) atoms. The maximum atomic E-state index is 11.7. The predicted octanol–water partition coefficient (Wildman–Crippen LogP) is 2.33. The predicted molar refractivity (Wildman–Crippen MR) is 68.3 cm³/mol. The molecule has 0 aromatic carbocycles. The largest absolute Gasteiger partial charge is 0.296 e. The third-order valence-corrected chi connectivity index (χ3v) is 3.66. The van der Waals surface area contributed by atoms with Gasteiger partial charge in [-0.05, 0) is 30.2 Å². The first-order valence-electron chi connectivity index (χ1n) is 5.16. The zero-order valence-electron chi connectivity index (χ0n) is 8.98. The van der Waals surface area contributed by atoms with Crippen molar-refractivity contribution in [2.75, 3.05) is 17.2 Å². The van der Waals surface area contributed by atoms with Crippen LogP contribution in [0.4, 0.5) is 5.82 Å². The summed E-state index contributed by atoms with van der Waals surface area (Å²) in [6.07, 6.45) is 0.552. The number of pyridine rings is 1. The van der Waals surface area contributed by atoms with Crippen molar-refractivity contribution in [3.63, 3.8) is 0 Å². The van der Waals surface area contributed by atoms with Crippen LogP contribution in [0.1, 0.15) is 12.0 Å². The van der Waals surface area contributed by atoms with Crippen LogP contribution in [-0.4, -0.2) is 23.2 Å². The minimum absolute atomic E-state index is 0.103. The van der Waals surface area contributed by atoms with Gasteiger partial charge < -0.3 is 0 Å². The molecule has 1 fully saturated rings. The van der Waals surface area contributed by atoms with E-state index < -0.39 is 0 Å². The minimum Gasteiger partial charge on any atom is -0.296 e. The fourth-order valence-corrected chi connectivity index (χ4v) is 2.16. The number of aryl methyl sites for hydroxylation is 1. The number of carbonyl (C=O) groups excluding carboxylic acids is 1. The molecule has 0 bridgehead atoms. The molecule has 0 saturated carbocycles. The van der Waals surface area contributed by atoms with Crippen molar-refractivity contribution in [1.29, 1.82) is 0 Å². The Hall–Kier alpha value is -0.740. The van der Waals surface area contributed by atoms with E-state index in [0.717, 1.165) is 11.3 Å². The van der Waals surface area contributed by atoms with Crippen molar-refractivity contribution in [2.45, 2.75) is 13.3 Å². The summed E-state index contributed by atoms with van der Waals surface area (Å²) in [5.74, 6) is 1.79. The zero-order chi connectivity index (χ0) is 11.7. The van der Waals surface area contributed by atoms with Gasteiger partial charge in [-0.1, -0.05) is 17.7 Å². The molecule has 0 N–H and O–H groups in total. The van der Waals surface area contributed by atoms with Gasteiger partial charge in [0.25, 0.3) is 0 Å². The number of amides is 1. The lowest BCUT2D eigenvalue weighted by Gasteiger charge is -2.15. The van der Waals surface area contributed by atoms with Crippen LogP contribution in [0.15, 0.2) is 12.1 Å². The van der Waals surface area contributed by atoms with Crippen molar-refractivity contribution < 1.29 is 4.79 Å². The molecule has 86 valence electrons. The topological polar surface area (TPSA) is 33.2 Å². The Kier molecular flexibility index (Phi) is 3.40. The standard InChI is InChI=1S/C11H13ClN2OS/c1-7-2-3-9(13-11(7)12)14-5-8(6-16)4-10(14)15/h2-3,8,16H,4-6H2,1H3. The normalized spacial score (nSPS) is 20.6. The Morgan fingerprint density at radius 2 is 2.38 bits per heavy atom. The minimum atomic E-state index is 0.103. The van der Waals surface area contributed by atoms with E-state index in [9.17, 15) is 4.79 Å². The molecule has 3 nitrogen and oxygen atoms in total. The van der Waals surface area contributed by atoms with E-state index in [4.69, 9.17) is 11.6 Å². The second-order valence-corrected chi connectivity index (χ2v) is 4.76. The second kappa shape index (κ2) is 4.63. The Balaban J connectivity index is 2.24. The second-order valence-electron chi connectivity index (χ2n) is 4.03. The summed E-state index contributed by atoms with van der Waals surface area (Å²) >= 11 is 10.2. The Bertz CT molecular complexity index is 424. The van der Waals surface area contributed by atoms with Gasteiger partial charge in [0.05, 0.1) is 0 Å². The van der Waals surface area contributed by atoms with Gasteiger partial charge in [0.1, 0.15) is 11.0 Å². The molecular formula is C11H13ClN2OS. The van der Waals surface area contributed by atoms with E-state index in [1.807, 2.05) is 19.1 Å². The van der Waals surface area contributed by atoms with E-state index in [1.165, 1.54) is 0 Å². The summed E-state index contributed by atoms with van der Waals surface area (Å²) in [6.45, 7) is 2.58. The number of thiol groups is 1. The summed E-state index contributed by atoms with van der Waals surface area (Å²) in [7, 11) is 0. The van der Waals surface area contributed by atoms with Gasteiger partial charge in [-0.25, -0.2) is 4.98 Å². The van der Waals surface area contributed by atoms with Gasteiger partial charge >= 0.3 is 0 Å². The highest BCUT2D eigenvalue weighted by molar-refractivity contribution is 7.80. The molecule has 1 aromatic heterocycles. The lowest BCUT2D eigenvalue weighted by atomic mass is 10.1. The first-order valence-corrected chi connectivity index (χ1v) is 6.17. The van der Waals surface area contributed by atoms with Gasteiger partial charge in [-0.2, -0.15) is 12.6 Å². The third-order valence-electron chi connectivity index (χ3n) is 2.76. The summed E-state index contributed by atoms with van der Waals surface area (Å²) in [5.41, 5.74) is 0.919. The van der Waals surface area contributed by atoms with Crippen molar-refractivity contribution in [3.05, 3.63) is 22.8 Å². The van der Waals surface area contributed by atoms with Gasteiger partial charge in [0, 0.05) is 13.0 Å². The number of hydrogen-bond donors (Lipinski definition) is 1. The number of hydrogen-bond acceptors (Lipinski definition) is 3. The van der Waals surface area contributed by atoms with Crippen LogP contribution in [0.3, 0.4) is 0 Å². The van der Waals surface area contributed by atoms with Crippen LogP contribution < -0.4 is 4.90 Å². The quantitative estimate of drug-likeness (QED) is 0.651. The Morgan fingerprint density at radius 1 is 1.62 bits per heavy atom. The third kappa shape index (κ3) is 2.18. The average Bonchev–Trinajstić information content (AvgIpc) is 2.64. The van der Waals surface area contributed by atoms with Crippen LogP contribution in [-0.2, 0) is 4.79 Å². The van der Waals surface area contributed by atoms with Crippen molar-refractivity contribution >= 4 is 36.0 Å². The SMILES string of the molecule is Cc1ccc(N2CC(CS)CC2=O)nc1Cl. The molecule has 1 amide bonds. The zero-order valence-corrected chi connectivity index (χ0v) is 10.6. The molecule has 0 spiro atoms. The van der Waals surface area contributed by atoms with E-state index >= 15 is 0 Å². The van der Waals surface area contributed by atoms with E-state index in [0.29, 0.717) is 29.9 Å². The first-order chi connectivity index (χ1) is 7.61. The highest BCUT2D eigenvalue weighted by Gasteiger charge is 2.30. The number of nitrogens with zero attached hydrogens (tertiary/aromatic N) is 2. The molecule has 1 saturated heterocycles. The van der Waals surface area contributed by atoms with Crippen LogP contribution in [0.25, 0.3) is 0 Å². The van der Waals surface area contributed by atoms with Gasteiger partial charge in [0.15, 0.2) is 0 Å². The van der Waals surface area contributed by atoms with E-state index in [-0.39, 0.29) is 5.91 Å². The lowest BCUT2D eigenvalue weighted by molar-refractivity contribution is -0.117. The lowest BCUT2D eigenvalue weighted by Crippen LogP contribution is -2.25. The van der Waals surface area contributed by atoms with Gasteiger partial charge in [-0.15, -0.1) is 0 Å². The van der Waals surface area contributed by atoms with Gasteiger partial charge in [-0.3, -0.25) is 9.69 Å². The number of aromatic nitrogens is 1. The maximum absolute atomic E-state index is 11.7. The fraction of sp³-hybridized carbons (Fsp3) is 0.455.